The first-order valence-electron chi connectivity index (χ1n) is 8.76. The molecule has 2 aromatic rings. The maximum Gasteiger partial charge on any atom is 0.387 e. The average molecular weight is 388 g/mol. The molecule has 0 atom stereocenters. The lowest BCUT2D eigenvalue weighted by atomic mass is 10.1. The molecule has 0 spiro atoms. The Hall–Kier alpha value is -3.22. The van der Waals surface area contributed by atoms with Gasteiger partial charge in [-0.15, -0.1) is 0 Å². The Labute approximate surface area is 162 Å². The Balaban J connectivity index is 2.05. The van der Waals surface area contributed by atoms with Gasteiger partial charge in [-0.25, -0.2) is 0 Å². The summed E-state index contributed by atoms with van der Waals surface area (Å²) >= 11 is 0. The van der Waals surface area contributed by atoms with Gasteiger partial charge in [-0.05, 0) is 36.8 Å². The number of nitrogens with zero attached hydrogens (tertiary/aromatic N) is 1. The molecular weight excluding hydrogens is 366 g/mol. The Morgan fingerprint density at radius 3 is 2.61 bits per heavy atom. The van der Waals surface area contributed by atoms with Gasteiger partial charge >= 0.3 is 6.61 Å². The van der Waals surface area contributed by atoms with Gasteiger partial charge in [0.25, 0.3) is 0 Å². The third kappa shape index (κ3) is 6.50. The second-order valence-electron chi connectivity index (χ2n) is 5.97. The molecule has 0 aromatic heterocycles. The smallest absolute Gasteiger partial charge is 0.387 e. The number of hydrogen-bond acceptors (Lipinski definition) is 3. The SMILES string of the molecule is CCN(Cc1cccc(NC(=O)/C=C/c2ccccc2OC(F)F)c1)C(C)=O. The van der Waals surface area contributed by atoms with Gasteiger partial charge in [-0.3, -0.25) is 9.59 Å². The van der Waals surface area contributed by atoms with Crippen molar-refractivity contribution in [1.29, 1.82) is 0 Å². The van der Waals surface area contributed by atoms with Gasteiger partial charge in [0, 0.05) is 37.3 Å². The highest BCUT2D eigenvalue weighted by molar-refractivity contribution is 6.02. The van der Waals surface area contributed by atoms with E-state index >= 15 is 0 Å². The molecule has 2 amide bonds. The van der Waals surface area contributed by atoms with E-state index in [0.29, 0.717) is 24.3 Å². The van der Waals surface area contributed by atoms with Crippen LogP contribution in [0.5, 0.6) is 5.75 Å². The second kappa shape index (κ2) is 10.2. The first kappa shape index (κ1) is 21.1. The van der Waals surface area contributed by atoms with E-state index in [1.807, 2.05) is 13.0 Å². The topological polar surface area (TPSA) is 58.6 Å². The lowest BCUT2D eigenvalue weighted by Crippen LogP contribution is -2.27. The summed E-state index contributed by atoms with van der Waals surface area (Å²) in [4.78, 5) is 25.4. The highest BCUT2D eigenvalue weighted by atomic mass is 19.3. The molecule has 2 rings (SSSR count). The van der Waals surface area contributed by atoms with Crippen LogP contribution in [0.1, 0.15) is 25.0 Å². The van der Waals surface area contributed by atoms with E-state index in [-0.39, 0.29) is 11.7 Å². The number of hydrogen-bond donors (Lipinski definition) is 1. The summed E-state index contributed by atoms with van der Waals surface area (Å²) in [5, 5.41) is 2.72. The van der Waals surface area contributed by atoms with Crippen LogP contribution in [-0.2, 0) is 16.1 Å². The summed E-state index contributed by atoms with van der Waals surface area (Å²) in [7, 11) is 0. The molecule has 1 N–H and O–H groups in total. The van der Waals surface area contributed by atoms with Gasteiger partial charge in [-0.1, -0.05) is 30.3 Å². The van der Waals surface area contributed by atoms with Crippen LogP contribution in [0.25, 0.3) is 6.08 Å². The molecule has 0 heterocycles. The fraction of sp³-hybridized carbons (Fsp3) is 0.238. The minimum atomic E-state index is -2.94. The normalized spacial score (nSPS) is 10.9. The maximum absolute atomic E-state index is 12.4. The van der Waals surface area contributed by atoms with E-state index in [1.54, 1.807) is 41.3 Å². The zero-order chi connectivity index (χ0) is 20.5. The number of nitrogens with one attached hydrogen (secondary N) is 1. The molecule has 0 bridgehead atoms. The van der Waals surface area contributed by atoms with Crippen LogP contribution in [0, 0.1) is 0 Å². The van der Waals surface area contributed by atoms with Gasteiger partial charge in [0.05, 0.1) is 0 Å². The zero-order valence-corrected chi connectivity index (χ0v) is 15.7. The highest BCUT2D eigenvalue weighted by Gasteiger charge is 2.09. The van der Waals surface area contributed by atoms with Crippen LogP contribution in [0.4, 0.5) is 14.5 Å². The van der Waals surface area contributed by atoms with Crippen molar-refractivity contribution in [2.24, 2.45) is 0 Å². The van der Waals surface area contributed by atoms with Crippen LogP contribution in [-0.4, -0.2) is 29.9 Å². The summed E-state index contributed by atoms with van der Waals surface area (Å²) in [6.45, 7) is 1.50. The summed E-state index contributed by atoms with van der Waals surface area (Å²) in [5.74, 6) is -0.445. The van der Waals surface area contributed by atoms with Gasteiger partial charge in [0.2, 0.25) is 11.8 Å². The quantitative estimate of drug-likeness (QED) is 0.686. The van der Waals surface area contributed by atoms with Crippen molar-refractivity contribution in [3.05, 3.63) is 65.7 Å². The molecule has 0 saturated heterocycles. The largest absolute Gasteiger partial charge is 0.434 e. The number of ether oxygens (including phenoxy) is 1. The number of para-hydroxylation sites is 1. The average Bonchev–Trinajstić information content (AvgIpc) is 2.65. The molecule has 0 saturated carbocycles. The third-order valence-electron chi connectivity index (χ3n) is 3.94. The van der Waals surface area contributed by atoms with E-state index in [1.165, 1.54) is 25.1 Å². The molecule has 28 heavy (non-hydrogen) atoms. The van der Waals surface area contributed by atoms with Crippen LogP contribution in [0.3, 0.4) is 0 Å². The number of halogens is 2. The fourth-order valence-corrected chi connectivity index (χ4v) is 2.58. The number of rotatable bonds is 8. The van der Waals surface area contributed by atoms with Crippen LogP contribution in [0.15, 0.2) is 54.6 Å². The Kier molecular flexibility index (Phi) is 7.68. The van der Waals surface area contributed by atoms with Gasteiger partial charge in [-0.2, -0.15) is 8.78 Å². The van der Waals surface area contributed by atoms with Crippen molar-refractivity contribution < 1.29 is 23.1 Å². The molecule has 7 heteroatoms. The molecule has 0 unspecified atom stereocenters. The molecule has 0 fully saturated rings. The lowest BCUT2D eigenvalue weighted by Gasteiger charge is -2.19. The van der Waals surface area contributed by atoms with E-state index in [4.69, 9.17) is 0 Å². The Morgan fingerprint density at radius 2 is 1.93 bits per heavy atom. The molecule has 2 aromatic carbocycles. The van der Waals surface area contributed by atoms with Crippen LogP contribution >= 0.6 is 0 Å². The van der Waals surface area contributed by atoms with E-state index < -0.39 is 12.5 Å². The van der Waals surface area contributed by atoms with Crippen LogP contribution < -0.4 is 10.1 Å². The highest BCUT2D eigenvalue weighted by Crippen LogP contribution is 2.21. The second-order valence-corrected chi connectivity index (χ2v) is 5.97. The number of benzene rings is 2. The molecule has 0 radical (unpaired) electrons. The zero-order valence-electron chi connectivity index (χ0n) is 15.7. The summed E-state index contributed by atoms with van der Waals surface area (Å²) in [6, 6.07) is 13.4. The van der Waals surface area contributed by atoms with E-state index in [0.717, 1.165) is 5.56 Å². The van der Waals surface area contributed by atoms with Crippen molar-refractivity contribution >= 4 is 23.6 Å². The number of anilines is 1. The Bertz CT molecular complexity index is 853. The first-order chi connectivity index (χ1) is 13.4. The number of amides is 2. The number of carbonyl (C=O) groups excluding carboxylic acids is 2. The predicted octanol–water partition coefficient (Wildman–Crippen LogP) is 4.31. The third-order valence-corrected chi connectivity index (χ3v) is 3.94. The van der Waals surface area contributed by atoms with Crippen molar-refractivity contribution in [2.45, 2.75) is 27.0 Å². The standard InChI is InChI=1S/C21H22F2N2O3/c1-3-25(15(2)26)14-16-7-6-9-18(13-16)24-20(27)12-11-17-8-4-5-10-19(17)28-21(22)23/h4-13,21H,3,14H2,1-2H3,(H,24,27)/b12-11+. The lowest BCUT2D eigenvalue weighted by molar-refractivity contribution is -0.129. The van der Waals surface area contributed by atoms with E-state index in [9.17, 15) is 18.4 Å². The number of carbonyl (C=O) groups is 2. The van der Waals surface area contributed by atoms with Gasteiger partial charge in [0.15, 0.2) is 0 Å². The Morgan fingerprint density at radius 1 is 1.18 bits per heavy atom. The van der Waals surface area contributed by atoms with Crippen molar-refractivity contribution in [3.8, 4) is 5.75 Å². The monoisotopic (exact) mass is 388 g/mol. The van der Waals surface area contributed by atoms with Crippen molar-refractivity contribution in [3.63, 3.8) is 0 Å². The fourth-order valence-electron chi connectivity index (χ4n) is 2.58. The predicted molar refractivity (Wildman–Crippen MR) is 104 cm³/mol. The van der Waals surface area contributed by atoms with Crippen LogP contribution in [0.2, 0.25) is 0 Å². The first-order valence-corrected chi connectivity index (χ1v) is 8.76. The summed E-state index contributed by atoms with van der Waals surface area (Å²) in [5.41, 5.74) is 1.82. The van der Waals surface area contributed by atoms with Gasteiger partial charge < -0.3 is 15.0 Å². The van der Waals surface area contributed by atoms with Gasteiger partial charge in [0.1, 0.15) is 5.75 Å². The minimum Gasteiger partial charge on any atom is -0.434 e. The molecule has 0 aliphatic carbocycles. The minimum absolute atomic E-state index is 0.00700. The number of alkyl halides is 2. The molecular formula is C21H22F2N2O3. The molecule has 0 aliphatic heterocycles. The molecule has 0 aliphatic rings. The van der Waals surface area contributed by atoms with E-state index in [2.05, 4.69) is 10.1 Å². The maximum atomic E-state index is 12.4. The molecule has 5 nitrogen and oxygen atoms in total. The van der Waals surface area contributed by atoms with Crippen molar-refractivity contribution in [2.75, 3.05) is 11.9 Å². The van der Waals surface area contributed by atoms with Crippen molar-refractivity contribution in [1.82, 2.24) is 4.90 Å². The summed E-state index contributed by atoms with van der Waals surface area (Å²) < 4.78 is 29.3. The summed E-state index contributed by atoms with van der Waals surface area (Å²) in [6.07, 6.45) is 2.65. The molecule has 148 valence electrons.